The molecular weight excluding hydrogens is 234 g/mol. The maximum atomic E-state index is 9.79. The molecule has 0 amide bonds. The minimum atomic E-state index is 0.202. The van der Waals surface area contributed by atoms with Crippen molar-refractivity contribution in [1.82, 2.24) is 0 Å². The van der Waals surface area contributed by atoms with Crippen molar-refractivity contribution in [3.63, 3.8) is 0 Å². The smallest absolute Gasteiger partial charge is 0.161 e. The number of thiophene rings is 1. The van der Waals surface area contributed by atoms with E-state index in [9.17, 15) is 5.11 Å². The number of phenols is 1. The number of ether oxygens (including phenoxy) is 1. The second-order valence-electron chi connectivity index (χ2n) is 4.15. The summed E-state index contributed by atoms with van der Waals surface area (Å²) in [4.78, 5) is 5.71. The number of aliphatic imine (C=N–C) groups is 1. The summed E-state index contributed by atoms with van der Waals surface area (Å²) in [5.41, 5.74) is 2.45. The van der Waals surface area contributed by atoms with E-state index in [1.165, 1.54) is 15.8 Å². The van der Waals surface area contributed by atoms with Gasteiger partial charge in [0.25, 0.3) is 0 Å². The molecule has 1 aliphatic heterocycles. The molecule has 2 aromatic rings. The van der Waals surface area contributed by atoms with Crippen LogP contribution in [-0.2, 0) is 6.42 Å². The van der Waals surface area contributed by atoms with Crippen LogP contribution in [0.5, 0.6) is 11.5 Å². The minimum absolute atomic E-state index is 0.202. The first-order valence-electron chi connectivity index (χ1n) is 5.54. The highest BCUT2D eigenvalue weighted by Gasteiger charge is 2.19. The third kappa shape index (κ3) is 1.52. The van der Waals surface area contributed by atoms with E-state index >= 15 is 0 Å². The van der Waals surface area contributed by atoms with Crippen LogP contribution in [0.4, 0.5) is 0 Å². The number of nitrogens with zero attached hydrogens (tertiary/aromatic N) is 1. The van der Waals surface area contributed by atoms with Crippen molar-refractivity contribution in [2.24, 2.45) is 4.99 Å². The molecule has 3 nitrogen and oxygen atoms in total. The number of methoxy groups -OCH3 is 1. The third-order valence-corrected chi connectivity index (χ3v) is 4.44. The molecule has 1 aromatic heterocycles. The molecule has 0 fully saturated rings. The van der Waals surface area contributed by atoms with Crippen LogP contribution in [-0.4, -0.2) is 24.5 Å². The minimum Gasteiger partial charge on any atom is -0.504 e. The summed E-state index contributed by atoms with van der Waals surface area (Å²) in [5, 5.41) is 11.0. The van der Waals surface area contributed by atoms with E-state index in [1.54, 1.807) is 24.5 Å². The highest BCUT2D eigenvalue weighted by Crippen LogP contribution is 2.40. The Bertz CT molecular complexity index is 628. The fraction of sp³-hybridized carbons (Fsp3) is 0.308. The summed E-state index contributed by atoms with van der Waals surface area (Å²) in [5.74, 6) is 0.742. The molecule has 0 saturated carbocycles. The summed E-state index contributed by atoms with van der Waals surface area (Å²) in [7, 11) is 1.58. The van der Waals surface area contributed by atoms with Crippen molar-refractivity contribution in [1.29, 1.82) is 0 Å². The highest BCUT2D eigenvalue weighted by molar-refractivity contribution is 7.21. The standard InChI is InChI=1S/C13H13NO2S/c1-7-13-8(3-4-14-7)9-5-11(16-2)10(15)6-12(9)17-13/h5-6,15H,3-4H2,1-2H3. The Kier molecular flexibility index (Phi) is 2.33. The van der Waals surface area contributed by atoms with E-state index in [0.29, 0.717) is 5.75 Å². The number of benzene rings is 1. The first-order chi connectivity index (χ1) is 8.20. The number of hydrogen-bond acceptors (Lipinski definition) is 4. The Morgan fingerprint density at radius 1 is 1.41 bits per heavy atom. The molecule has 0 bridgehead atoms. The van der Waals surface area contributed by atoms with Gasteiger partial charge < -0.3 is 9.84 Å². The lowest BCUT2D eigenvalue weighted by Gasteiger charge is -2.09. The van der Waals surface area contributed by atoms with Gasteiger partial charge >= 0.3 is 0 Å². The molecule has 0 spiro atoms. The zero-order valence-electron chi connectivity index (χ0n) is 9.78. The summed E-state index contributed by atoms with van der Waals surface area (Å²) in [6.07, 6.45) is 0.973. The van der Waals surface area contributed by atoms with Crippen LogP contribution in [0.25, 0.3) is 10.1 Å². The van der Waals surface area contributed by atoms with Crippen LogP contribution in [0, 0.1) is 0 Å². The molecular formula is C13H13NO2S. The molecule has 3 rings (SSSR count). The normalized spacial score (nSPS) is 14.6. The van der Waals surface area contributed by atoms with Crippen LogP contribution in [0.1, 0.15) is 17.4 Å². The van der Waals surface area contributed by atoms with Crippen LogP contribution in [0.2, 0.25) is 0 Å². The SMILES string of the molecule is COc1cc2c3c(sc2cc1O)C(C)=NCC3. The lowest BCUT2D eigenvalue weighted by Crippen LogP contribution is -2.06. The molecule has 4 heteroatoms. The molecule has 0 aliphatic carbocycles. The topological polar surface area (TPSA) is 41.8 Å². The van der Waals surface area contributed by atoms with Crippen LogP contribution >= 0.6 is 11.3 Å². The van der Waals surface area contributed by atoms with Crippen molar-refractivity contribution in [3.8, 4) is 11.5 Å². The Labute approximate surface area is 103 Å². The van der Waals surface area contributed by atoms with Gasteiger partial charge in [-0.25, -0.2) is 0 Å². The summed E-state index contributed by atoms with van der Waals surface area (Å²) in [6.45, 7) is 2.90. The molecule has 0 unspecified atom stereocenters. The molecule has 88 valence electrons. The van der Waals surface area contributed by atoms with E-state index < -0.39 is 0 Å². The van der Waals surface area contributed by atoms with Crippen molar-refractivity contribution < 1.29 is 9.84 Å². The Morgan fingerprint density at radius 3 is 3.00 bits per heavy atom. The lowest BCUT2D eigenvalue weighted by atomic mass is 10.0. The molecule has 1 N–H and O–H groups in total. The zero-order valence-corrected chi connectivity index (χ0v) is 10.6. The number of aromatic hydroxyl groups is 1. The molecule has 1 aliphatic rings. The monoisotopic (exact) mass is 247 g/mol. The first kappa shape index (κ1) is 10.6. The molecule has 2 heterocycles. The average molecular weight is 247 g/mol. The maximum absolute atomic E-state index is 9.79. The summed E-state index contributed by atoms with van der Waals surface area (Å²) >= 11 is 1.69. The van der Waals surface area contributed by atoms with Crippen LogP contribution in [0.15, 0.2) is 17.1 Å². The largest absolute Gasteiger partial charge is 0.504 e. The lowest BCUT2D eigenvalue weighted by molar-refractivity contribution is 0.374. The molecule has 0 saturated heterocycles. The maximum Gasteiger partial charge on any atom is 0.161 e. The van der Waals surface area contributed by atoms with Crippen molar-refractivity contribution >= 4 is 27.1 Å². The van der Waals surface area contributed by atoms with Gasteiger partial charge in [-0.05, 0) is 25.0 Å². The Morgan fingerprint density at radius 2 is 2.24 bits per heavy atom. The first-order valence-corrected chi connectivity index (χ1v) is 6.36. The van der Waals surface area contributed by atoms with Gasteiger partial charge in [0, 0.05) is 28.4 Å². The number of hydrogen-bond donors (Lipinski definition) is 1. The number of rotatable bonds is 1. The van der Waals surface area contributed by atoms with Gasteiger partial charge in [-0.15, -0.1) is 11.3 Å². The molecule has 0 atom stereocenters. The van der Waals surface area contributed by atoms with Gasteiger partial charge in [0.1, 0.15) is 0 Å². The number of phenolic OH excluding ortho intramolecular Hbond substituents is 1. The average Bonchev–Trinajstić information content (AvgIpc) is 2.67. The Balaban J connectivity index is 2.33. The van der Waals surface area contributed by atoms with E-state index in [0.717, 1.165) is 23.4 Å². The van der Waals surface area contributed by atoms with E-state index in [1.807, 2.05) is 13.0 Å². The molecule has 17 heavy (non-hydrogen) atoms. The molecule has 1 aromatic carbocycles. The Hall–Kier alpha value is -1.55. The van der Waals surface area contributed by atoms with E-state index in [4.69, 9.17) is 4.74 Å². The van der Waals surface area contributed by atoms with Gasteiger partial charge in [-0.2, -0.15) is 0 Å². The predicted molar refractivity (Wildman–Crippen MR) is 70.8 cm³/mol. The van der Waals surface area contributed by atoms with Crippen molar-refractivity contribution in [3.05, 3.63) is 22.6 Å². The van der Waals surface area contributed by atoms with Gasteiger partial charge in [0.2, 0.25) is 0 Å². The van der Waals surface area contributed by atoms with Crippen LogP contribution in [0.3, 0.4) is 0 Å². The van der Waals surface area contributed by atoms with Gasteiger partial charge in [0.15, 0.2) is 11.5 Å². The second kappa shape index (κ2) is 3.74. The third-order valence-electron chi connectivity index (χ3n) is 3.13. The number of fused-ring (bicyclic) bond motifs is 3. The highest BCUT2D eigenvalue weighted by atomic mass is 32.1. The summed E-state index contributed by atoms with van der Waals surface area (Å²) in [6, 6.07) is 3.71. The van der Waals surface area contributed by atoms with Gasteiger partial charge in [-0.3, -0.25) is 4.99 Å². The van der Waals surface area contributed by atoms with Crippen molar-refractivity contribution in [2.75, 3.05) is 13.7 Å². The van der Waals surface area contributed by atoms with Crippen molar-refractivity contribution in [2.45, 2.75) is 13.3 Å². The van der Waals surface area contributed by atoms with E-state index in [-0.39, 0.29) is 5.75 Å². The zero-order chi connectivity index (χ0) is 12.0. The van der Waals surface area contributed by atoms with E-state index in [2.05, 4.69) is 4.99 Å². The van der Waals surface area contributed by atoms with Gasteiger partial charge in [-0.1, -0.05) is 0 Å². The predicted octanol–water partition coefficient (Wildman–Crippen LogP) is 2.98. The summed E-state index contributed by atoms with van der Waals surface area (Å²) < 4.78 is 6.27. The van der Waals surface area contributed by atoms with Gasteiger partial charge in [0.05, 0.1) is 12.0 Å². The second-order valence-corrected chi connectivity index (χ2v) is 5.20. The quantitative estimate of drug-likeness (QED) is 0.841. The molecule has 0 radical (unpaired) electrons. The fourth-order valence-corrected chi connectivity index (χ4v) is 3.50. The van der Waals surface area contributed by atoms with Crippen LogP contribution < -0.4 is 4.74 Å². The fourth-order valence-electron chi connectivity index (χ4n) is 2.27.